The predicted octanol–water partition coefficient (Wildman–Crippen LogP) is 1.85. The SMILES string of the molecule is O=C(Nc1cccs1)N1CCCC(C(=O)N2CCOCC2)C1. The molecule has 0 saturated carbocycles. The second-order valence-corrected chi connectivity index (χ2v) is 6.58. The highest BCUT2D eigenvalue weighted by Crippen LogP contribution is 2.21. The van der Waals surface area contributed by atoms with Crippen LogP contribution < -0.4 is 5.32 Å². The molecular formula is C15H21N3O3S. The van der Waals surface area contributed by atoms with Gasteiger partial charge in [0.15, 0.2) is 0 Å². The van der Waals surface area contributed by atoms with Crippen molar-refractivity contribution in [3.63, 3.8) is 0 Å². The number of hydrogen-bond donors (Lipinski definition) is 1. The molecule has 2 fully saturated rings. The van der Waals surface area contributed by atoms with Gasteiger partial charge in [0.2, 0.25) is 5.91 Å². The van der Waals surface area contributed by atoms with E-state index in [-0.39, 0.29) is 17.9 Å². The molecule has 3 rings (SSSR count). The van der Waals surface area contributed by atoms with Crippen LogP contribution in [0, 0.1) is 5.92 Å². The van der Waals surface area contributed by atoms with Gasteiger partial charge in [-0.05, 0) is 30.4 Å². The molecule has 1 aromatic heterocycles. The lowest BCUT2D eigenvalue weighted by Crippen LogP contribution is -2.50. The number of thiophene rings is 1. The van der Waals surface area contributed by atoms with E-state index < -0.39 is 0 Å². The number of urea groups is 1. The first-order valence-electron chi connectivity index (χ1n) is 7.70. The van der Waals surface area contributed by atoms with E-state index in [1.807, 2.05) is 22.4 Å². The van der Waals surface area contributed by atoms with Crippen molar-refractivity contribution in [2.45, 2.75) is 12.8 Å². The number of likely N-dealkylation sites (tertiary alicyclic amines) is 1. The Kier molecular flexibility index (Phi) is 4.94. The number of amides is 3. The van der Waals surface area contributed by atoms with Gasteiger partial charge in [-0.3, -0.25) is 10.1 Å². The molecular weight excluding hydrogens is 302 g/mol. The van der Waals surface area contributed by atoms with Crippen molar-refractivity contribution in [3.05, 3.63) is 17.5 Å². The summed E-state index contributed by atoms with van der Waals surface area (Å²) < 4.78 is 5.29. The third-order valence-electron chi connectivity index (χ3n) is 4.13. The summed E-state index contributed by atoms with van der Waals surface area (Å²) in [6.45, 7) is 3.77. The minimum atomic E-state index is -0.109. The first-order valence-corrected chi connectivity index (χ1v) is 8.58. The van der Waals surface area contributed by atoms with Gasteiger partial charge in [-0.15, -0.1) is 11.3 Å². The van der Waals surface area contributed by atoms with Gasteiger partial charge in [-0.2, -0.15) is 0 Å². The molecule has 1 unspecified atom stereocenters. The molecule has 7 heteroatoms. The molecule has 3 heterocycles. The van der Waals surface area contributed by atoms with E-state index in [4.69, 9.17) is 4.74 Å². The number of anilines is 1. The van der Waals surface area contributed by atoms with Gasteiger partial charge in [0.25, 0.3) is 0 Å². The lowest BCUT2D eigenvalue weighted by molar-refractivity contribution is -0.141. The van der Waals surface area contributed by atoms with E-state index in [0.29, 0.717) is 39.4 Å². The molecule has 22 heavy (non-hydrogen) atoms. The summed E-state index contributed by atoms with van der Waals surface area (Å²) in [7, 11) is 0. The Morgan fingerprint density at radius 2 is 2.05 bits per heavy atom. The predicted molar refractivity (Wildman–Crippen MR) is 85.0 cm³/mol. The van der Waals surface area contributed by atoms with Crippen LogP contribution in [0.15, 0.2) is 17.5 Å². The number of carbonyl (C=O) groups is 2. The molecule has 6 nitrogen and oxygen atoms in total. The first-order chi connectivity index (χ1) is 10.7. The van der Waals surface area contributed by atoms with Crippen molar-refractivity contribution >= 4 is 28.3 Å². The van der Waals surface area contributed by atoms with E-state index >= 15 is 0 Å². The third kappa shape index (κ3) is 3.59. The molecule has 3 amide bonds. The monoisotopic (exact) mass is 323 g/mol. The van der Waals surface area contributed by atoms with Crippen LogP contribution in [0.4, 0.5) is 9.80 Å². The van der Waals surface area contributed by atoms with Crippen molar-refractivity contribution in [1.82, 2.24) is 9.80 Å². The Bertz CT molecular complexity index is 514. The fourth-order valence-electron chi connectivity index (χ4n) is 2.94. The number of morpholine rings is 1. The van der Waals surface area contributed by atoms with Crippen LogP contribution >= 0.6 is 11.3 Å². The molecule has 1 aromatic rings. The second kappa shape index (κ2) is 7.11. The summed E-state index contributed by atoms with van der Waals surface area (Å²) in [6.07, 6.45) is 1.73. The number of hydrogen-bond acceptors (Lipinski definition) is 4. The van der Waals surface area contributed by atoms with Gasteiger partial charge in [-0.25, -0.2) is 4.79 Å². The van der Waals surface area contributed by atoms with Gasteiger partial charge in [-0.1, -0.05) is 0 Å². The number of nitrogens with one attached hydrogen (secondary N) is 1. The number of piperidine rings is 1. The number of rotatable bonds is 2. The fourth-order valence-corrected chi connectivity index (χ4v) is 3.55. The quantitative estimate of drug-likeness (QED) is 0.903. The smallest absolute Gasteiger partial charge is 0.322 e. The Hall–Kier alpha value is -1.60. The largest absolute Gasteiger partial charge is 0.378 e. The molecule has 2 saturated heterocycles. The summed E-state index contributed by atoms with van der Waals surface area (Å²) in [5.41, 5.74) is 0. The van der Waals surface area contributed by atoms with Crippen LogP contribution in [0.25, 0.3) is 0 Å². The second-order valence-electron chi connectivity index (χ2n) is 5.63. The maximum Gasteiger partial charge on any atom is 0.322 e. The summed E-state index contributed by atoms with van der Waals surface area (Å²) in [4.78, 5) is 28.5. The molecule has 0 aliphatic carbocycles. The van der Waals surface area contributed by atoms with Crippen molar-refractivity contribution in [2.24, 2.45) is 5.92 Å². The van der Waals surface area contributed by atoms with Crippen LogP contribution in [0.3, 0.4) is 0 Å². The Labute approximate surface area is 134 Å². The van der Waals surface area contributed by atoms with E-state index in [9.17, 15) is 9.59 Å². The van der Waals surface area contributed by atoms with Crippen LogP contribution in [-0.4, -0.2) is 61.1 Å². The van der Waals surface area contributed by atoms with Gasteiger partial charge < -0.3 is 14.5 Å². The molecule has 2 aliphatic rings. The van der Waals surface area contributed by atoms with Crippen molar-refractivity contribution in [1.29, 1.82) is 0 Å². The Morgan fingerprint density at radius 1 is 1.23 bits per heavy atom. The van der Waals surface area contributed by atoms with Gasteiger partial charge in [0.1, 0.15) is 0 Å². The number of ether oxygens (including phenoxy) is 1. The Morgan fingerprint density at radius 3 is 2.77 bits per heavy atom. The highest BCUT2D eigenvalue weighted by Gasteiger charge is 2.31. The average molecular weight is 323 g/mol. The summed E-state index contributed by atoms with van der Waals surface area (Å²) >= 11 is 1.50. The number of carbonyl (C=O) groups excluding carboxylic acids is 2. The molecule has 0 bridgehead atoms. The lowest BCUT2D eigenvalue weighted by Gasteiger charge is -2.36. The number of nitrogens with zero attached hydrogens (tertiary/aromatic N) is 2. The maximum atomic E-state index is 12.6. The summed E-state index contributed by atoms with van der Waals surface area (Å²) in [6, 6.07) is 3.67. The molecule has 0 spiro atoms. The van der Waals surface area contributed by atoms with E-state index in [2.05, 4.69) is 5.32 Å². The molecule has 0 aromatic carbocycles. The third-order valence-corrected chi connectivity index (χ3v) is 4.92. The normalized spacial score (nSPS) is 22.5. The average Bonchev–Trinajstić information content (AvgIpc) is 3.08. The van der Waals surface area contributed by atoms with Crippen LogP contribution in [0.1, 0.15) is 12.8 Å². The topological polar surface area (TPSA) is 61.9 Å². The van der Waals surface area contributed by atoms with Gasteiger partial charge in [0, 0.05) is 26.2 Å². The van der Waals surface area contributed by atoms with Crippen molar-refractivity contribution in [2.75, 3.05) is 44.7 Å². The molecule has 1 N–H and O–H groups in total. The minimum Gasteiger partial charge on any atom is -0.378 e. The fraction of sp³-hybridized carbons (Fsp3) is 0.600. The summed E-state index contributed by atoms with van der Waals surface area (Å²) in [5.74, 6) is 0.0814. The van der Waals surface area contributed by atoms with Crippen LogP contribution in [0.5, 0.6) is 0 Å². The molecule has 0 radical (unpaired) electrons. The van der Waals surface area contributed by atoms with Crippen LogP contribution in [0.2, 0.25) is 0 Å². The maximum absolute atomic E-state index is 12.6. The molecule has 120 valence electrons. The standard InChI is InChI=1S/C15H21N3O3S/c19-14(17-6-8-21-9-7-17)12-3-1-5-18(11-12)15(20)16-13-4-2-10-22-13/h2,4,10,12H,1,3,5-9,11H2,(H,16,20). The van der Waals surface area contributed by atoms with Crippen LogP contribution in [-0.2, 0) is 9.53 Å². The minimum absolute atomic E-state index is 0.0825. The zero-order valence-electron chi connectivity index (χ0n) is 12.5. The zero-order valence-corrected chi connectivity index (χ0v) is 13.3. The zero-order chi connectivity index (χ0) is 15.4. The Balaban J connectivity index is 1.56. The summed E-state index contributed by atoms with van der Waals surface area (Å²) in [5, 5.41) is 5.66. The lowest BCUT2D eigenvalue weighted by atomic mass is 9.96. The molecule has 1 atom stereocenters. The molecule has 2 aliphatic heterocycles. The van der Waals surface area contributed by atoms with E-state index in [1.165, 1.54) is 11.3 Å². The van der Waals surface area contributed by atoms with Gasteiger partial charge >= 0.3 is 6.03 Å². The first kappa shape index (κ1) is 15.3. The van der Waals surface area contributed by atoms with Crippen molar-refractivity contribution in [3.8, 4) is 0 Å². The van der Waals surface area contributed by atoms with Gasteiger partial charge in [0.05, 0.1) is 24.1 Å². The highest BCUT2D eigenvalue weighted by atomic mass is 32.1. The van der Waals surface area contributed by atoms with E-state index in [0.717, 1.165) is 17.8 Å². The highest BCUT2D eigenvalue weighted by molar-refractivity contribution is 7.14. The van der Waals surface area contributed by atoms with E-state index in [1.54, 1.807) is 4.90 Å². The van der Waals surface area contributed by atoms with Crippen molar-refractivity contribution < 1.29 is 14.3 Å².